The maximum atomic E-state index is 13.0. The molecule has 0 saturated carbocycles. The first kappa shape index (κ1) is 25.2. The van der Waals surface area contributed by atoms with E-state index in [-0.39, 0.29) is 5.56 Å². The molecule has 4 aromatic rings. The lowest BCUT2D eigenvalue weighted by atomic mass is 10.0. The molecule has 7 nitrogen and oxygen atoms in total. The molecule has 38 heavy (non-hydrogen) atoms. The number of hydrogen-bond acceptors (Lipinski definition) is 6. The van der Waals surface area contributed by atoms with Gasteiger partial charge in [0.1, 0.15) is 0 Å². The number of carbonyl (C=O) groups excluding carboxylic acids is 1. The highest BCUT2D eigenvalue weighted by molar-refractivity contribution is 6.04. The van der Waals surface area contributed by atoms with E-state index in [2.05, 4.69) is 25.5 Å². The van der Waals surface area contributed by atoms with E-state index in [9.17, 15) is 18.0 Å². The Bertz CT molecular complexity index is 1500. The molecule has 194 valence electrons. The molecule has 1 aliphatic rings. The number of aromatic nitrogens is 3. The molecule has 0 saturated heterocycles. The molecular weight excluding hydrogens is 493 g/mol. The largest absolute Gasteiger partial charge is 0.416 e. The predicted molar refractivity (Wildman–Crippen MR) is 140 cm³/mol. The summed E-state index contributed by atoms with van der Waals surface area (Å²) in [5.41, 5.74) is 5.26. The third kappa shape index (κ3) is 5.59. The van der Waals surface area contributed by atoms with E-state index >= 15 is 0 Å². The van der Waals surface area contributed by atoms with Gasteiger partial charge in [-0.25, -0.2) is 9.97 Å². The zero-order valence-corrected chi connectivity index (χ0v) is 20.8. The van der Waals surface area contributed by atoms with E-state index in [1.807, 2.05) is 44.3 Å². The summed E-state index contributed by atoms with van der Waals surface area (Å²) in [5, 5.41) is 5.95. The number of hydrogen-bond donors (Lipinski definition) is 2. The van der Waals surface area contributed by atoms with Crippen LogP contribution in [-0.2, 0) is 19.1 Å². The molecule has 2 N–H and O–H groups in total. The highest BCUT2D eigenvalue weighted by Gasteiger charge is 2.31. The number of anilines is 4. The minimum atomic E-state index is -4.52. The summed E-state index contributed by atoms with van der Waals surface area (Å²) in [5.74, 6) is -0.0778. The Balaban J connectivity index is 1.31. The van der Waals surface area contributed by atoms with Crippen molar-refractivity contribution in [2.24, 2.45) is 0 Å². The summed E-state index contributed by atoms with van der Waals surface area (Å²) >= 11 is 0. The second kappa shape index (κ2) is 10.1. The Morgan fingerprint density at radius 1 is 1.00 bits per heavy atom. The van der Waals surface area contributed by atoms with E-state index in [0.29, 0.717) is 31.1 Å². The minimum Gasteiger partial charge on any atom is -0.366 e. The van der Waals surface area contributed by atoms with Gasteiger partial charge in [-0.05, 0) is 61.9 Å². The van der Waals surface area contributed by atoms with Crippen molar-refractivity contribution < 1.29 is 18.0 Å². The Kier molecular flexibility index (Phi) is 6.71. The van der Waals surface area contributed by atoms with Crippen molar-refractivity contribution in [2.45, 2.75) is 33.0 Å². The zero-order valence-electron chi connectivity index (χ0n) is 20.8. The van der Waals surface area contributed by atoms with Gasteiger partial charge in [-0.1, -0.05) is 12.1 Å². The number of rotatable bonds is 5. The number of alkyl halides is 3. The lowest BCUT2D eigenvalue weighted by Crippen LogP contribution is -2.32. The summed E-state index contributed by atoms with van der Waals surface area (Å²) in [7, 11) is 0. The van der Waals surface area contributed by atoms with E-state index in [0.717, 1.165) is 46.0 Å². The zero-order chi connectivity index (χ0) is 26.9. The summed E-state index contributed by atoms with van der Waals surface area (Å²) in [6.07, 6.45) is -0.259. The second-order valence-electron chi connectivity index (χ2n) is 9.18. The summed E-state index contributed by atoms with van der Waals surface area (Å²) in [6, 6.07) is 13.6. The first-order valence-corrected chi connectivity index (χ1v) is 12.0. The molecule has 3 heterocycles. The van der Waals surface area contributed by atoms with Gasteiger partial charge in [0, 0.05) is 65.8 Å². The Hall–Kier alpha value is -4.47. The fourth-order valence-corrected chi connectivity index (χ4v) is 4.40. The predicted octanol–water partition coefficient (Wildman–Crippen LogP) is 6.07. The van der Waals surface area contributed by atoms with Crippen LogP contribution in [0.4, 0.5) is 36.2 Å². The second-order valence-corrected chi connectivity index (χ2v) is 9.18. The van der Waals surface area contributed by atoms with Crippen molar-refractivity contribution in [3.63, 3.8) is 0 Å². The molecule has 2 aromatic heterocycles. The lowest BCUT2D eigenvalue weighted by Gasteiger charge is -2.31. The van der Waals surface area contributed by atoms with E-state index in [1.165, 1.54) is 12.1 Å². The number of amides is 1. The van der Waals surface area contributed by atoms with Gasteiger partial charge in [-0.3, -0.25) is 9.78 Å². The van der Waals surface area contributed by atoms with Crippen molar-refractivity contribution in [1.82, 2.24) is 15.0 Å². The molecule has 0 fully saturated rings. The fraction of sp³-hybridized carbons (Fsp3) is 0.214. The molecular formula is C28H25F3N6O. The average Bonchev–Trinajstić information content (AvgIpc) is 2.89. The van der Waals surface area contributed by atoms with E-state index in [4.69, 9.17) is 4.98 Å². The molecule has 2 aromatic carbocycles. The summed E-state index contributed by atoms with van der Waals surface area (Å²) in [6.45, 7) is 5.20. The number of aryl methyl sites for hydroxylation is 2. The van der Waals surface area contributed by atoms with Crippen LogP contribution in [0.5, 0.6) is 0 Å². The van der Waals surface area contributed by atoms with Gasteiger partial charge in [0.2, 0.25) is 5.95 Å². The Labute approximate surface area is 217 Å². The lowest BCUT2D eigenvalue weighted by molar-refractivity contribution is -0.137. The van der Waals surface area contributed by atoms with Crippen LogP contribution in [0.1, 0.15) is 38.4 Å². The van der Waals surface area contributed by atoms with Crippen LogP contribution in [0.15, 0.2) is 67.0 Å². The molecule has 5 rings (SSSR count). The first-order valence-electron chi connectivity index (χ1n) is 12.0. The maximum absolute atomic E-state index is 13.0. The molecule has 0 aliphatic carbocycles. The van der Waals surface area contributed by atoms with Crippen LogP contribution in [0, 0.1) is 13.8 Å². The Morgan fingerprint density at radius 3 is 2.63 bits per heavy atom. The van der Waals surface area contributed by atoms with Crippen LogP contribution in [0.25, 0.3) is 0 Å². The van der Waals surface area contributed by atoms with Gasteiger partial charge in [0.05, 0.1) is 11.3 Å². The van der Waals surface area contributed by atoms with Crippen LogP contribution >= 0.6 is 0 Å². The van der Waals surface area contributed by atoms with E-state index < -0.39 is 17.6 Å². The number of halogens is 3. The molecule has 0 unspecified atom stereocenters. The summed E-state index contributed by atoms with van der Waals surface area (Å²) < 4.78 is 39.1. The van der Waals surface area contributed by atoms with Gasteiger partial charge in [-0.2, -0.15) is 13.2 Å². The van der Waals surface area contributed by atoms with Gasteiger partial charge < -0.3 is 15.5 Å². The van der Waals surface area contributed by atoms with Crippen LogP contribution < -0.4 is 15.5 Å². The summed E-state index contributed by atoms with van der Waals surface area (Å²) in [4.78, 5) is 28.2. The van der Waals surface area contributed by atoms with Gasteiger partial charge in [0.25, 0.3) is 5.91 Å². The first-order chi connectivity index (χ1) is 18.2. The third-order valence-corrected chi connectivity index (χ3v) is 6.35. The van der Waals surface area contributed by atoms with Gasteiger partial charge in [0.15, 0.2) is 0 Å². The molecule has 0 radical (unpaired) electrons. The molecule has 10 heteroatoms. The van der Waals surface area contributed by atoms with Crippen LogP contribution in [-0.4, -0.2) is 27.4 Å². The smallest absolute Gasteiger partial charge is 0.366 e. The maximum Gasteiger partial charge on any atom is 0.416 e. The monoisotopic (exact) mass is 518 g/mol. The number of pyridine rings is 1. The van der Waals surface area contributed by atoms with Gasteiger partial charge >= 0.3 is 6.18 Å². The molecule has 1 amide bonds. The highest BCUT2D eigenvalue weighted by atomic mass is 19.4. The molecule has 1 aliphatic heterocycles. The minimum absolute atomic E-state index is 0.0580. The van der Waals surface area contributed by atoms with Gasteiger partial charge in [-0.15, -0.1) is 0 Å². The molecule has 0 atom stereocenters. The van der Waals surface area contributed by atoms with Crippen molar-refractivity contribution >= 4 is 28.9 Å². The standard InChI is InChI=1S/C28H25F3N6O/c1-17-6-7-22(34-26(38)19-4-3-5-21(13-19)28(29,30)31)14-25(17)37-11-9-24-20(16-37)15-33-27(36-24)35-23-8-10-32-18(2)12-23/h3-8,10,12-15H,9,11,16H2,1-2H3,(H,34,38)(H,32,33,35,36). The molecule has 0 spiro atoms. The number of nitrogens with zero attached hydrogens (tertiary/aromatic N) is 4. The quantitative estimate of drug-likeness (QED) is 0.334. The Morgan fingerprint density at radius 2 is 1.84 bits per heavy atom. The van der Waals surface area contributed by atoms with Crippen molar-refractivity contribution in [2.75, 3.05) is 22.1 Å². The normalized spacial score (nSPS) is 13.1. The number of nitrogens with one attached hydrogen (secondary N) is 2. The highest BCUT2D eigenvalue weighted by Crippen LogP contribution is 2.31. The number of benzene rings is 2. The number of carbonyl (C=O) groups is 1. The van der Waals surface area contributed by atoms with Crippen molar-refractivity contribution in [1.29, 1.82) is 0 Å². The van der Waals surface area contributed by atoms with Crippen LogP contribution in [0.3, 0.4) is 0 Å². The van der Waals surface area contributed by atoms with Crippen LogP contribution in [0.2, 0.25) is 0 Å². The van der Waals surface area contributed by atoms with E-state index in [1.54, 1.807) is 12.3 Å². The topological polar surface area (TPSA) is 83.0 Å². The number of fused-ring (bicyclic) bond motifs is 1. The fourth-order valence-electron chi connectivity index (χ4n) is 4.40. The van der Waals surface area contributed by atoms with Crippen molar-refractivity contribution in [3.05, 3.63) is 101 Å². The third-order valence-electron chi connectivity index (χ3n) is 6.35. The SMILES string of the molecule is Cc1cc(Nc2ncc3c(n2)CCN(c2cc(NC(=O)c4cccc(C(F)(F)F)c4)ccc2C)C3)ccn1. The average molecular weight is 519 g/mol. The molecule has 0 bridgehead atoms. The van der Waals surface area contributed by atoms with Crippen molar-refractivity contribution in [3.8, 4) is 0 Å².